The second kappa shape index (κ2) is 5.22. The van der Waals surface area contributed by atoms with E-state index in [0.29, 0.717) is 15.7 Å². The van der Waals surface area contributed by atoms with Gasteiger partial charge >= 0.3 is 5.97 Å². The number of halogens is 2. The van der Waals surface area contributed by atoms with E-state index in [1.165, 1.54) is 12.3 Å². The van der Waals surface area contributed by atoms with Crippen LogP contribution in [0.25, 0.3) is 0 Å². The molecule has 6 heteroatoms. The summed E-state index contributed by atoms with van der Waals surface area (Å²) in [4.78, 5) is 10.8. The molecule has 2 aromatic rings. The molecule has 0 saturated carbocycles. The number of aromatic carboxylic acids is 1. The Labute approximate surface area is 111 Å². The highest BCUT2D eigenvalue weighted by atomic mass is 79.9. The van der Waals surface area contributed by atoms with Crippen molar-refractivity contribution in [2.45, 2.75) is 6.54 Å². The summed E-state index contributed by atoms with van der Waals surface area (Å²) in [5.41, 5.74) is 1.07. The Morgan fingerprint density at radius 2 is 2.22 bits per heavy atom. The van der Waals surface area contributed by atoms with E-state index < -0.39 is 5.97 Å². The SMILES string of the molecule is O=C(O)c1occc1CNc1ccc(Br)c(F)c1. The molecule has 0 aliphatic heterocycles. The Kier molecular flexibility index (Phi) is 3.66. The average molecular weight is 314 g/mol. The molecule has 1 heterocycles. The highest BCUT2D eigenvalue weighted by molar-refractivity contribution is 9.10. The molecule has 0 amide bonds. The van der Waals surface area contributed by atoms with Crippen LogP contribution in [0.5, 0.6) is 0 Å². The van der Waals surface area contributed by atoms with Crippen LogP contribution in [0.2, 0.25) is 0 Å². The van der Waals surface area contributed by atoms with Crippen LogP contribution in [0.3, 0.4) is 0 Å². The first-order valence-corrected chi connectivity index (χ1v) is 5.86. The molecule has 0 saturated heterocycles. The number of rotatable bonds is 4. The average Bonchev–Trinajstić information content (AvgIpc) is 2.79. The van der Waals surface area contributed by atoms with Crippen LogP contribution >= 0.6 is 15.9 Å². The summed E-state index contributed by atoms with van der Waals surface area (Å²) in [6.45, 7) is 0.249. The summed E-state index contributed by atoms with van der Waals surface area (Å²) < 4.78 is 18.5. The summed E-state index contributed by atoms with van der Waals surface area (Å²) >= 11 is 3.05. The highest BCUT2D eigenvalue weighted by Gasteiger charge is 2.13. The Morgan fingerprint density at radius 1 is 1.44 bits per heavy atom. The van der Waals surface area contributed by atoms with Crippen molar-refractivity contribution in [1.82, 2.24) is 0 Å². The third kappa shape index (κ3) is 2.70. The summed E-state index contributed by atoms with van der Waals surface area (Å²) in [6, 6.07) is 6.15. The Morgan fingerprint density at radius 3 is 2.89 bits per heavy atom. The fourth-order valence-electron chi connectivity index (χ4n) is 1.47. The first kappa shape index (κ1) is 12.6. The molecular formula is C12H9BrFNO3. The lowest BCUT2D eigenvalue weighted by Gasteiger charge is -2.06. The van der Waals surface area contributed by atoms with Gasteiger partial charge in [-0.3, -0.25) is 0 Å². The lowest BCUT2D eigenvalue weighted by molar-refractivity contribution is 0.0661. The van der Waals surface area contributed by atoms with Crippen molar-refractivity contribution in [3.05, 3.63) is 52.1 Å². The first-order valence-electron chi connectivity index (χ1n) is 5.06. The lowest BCUT2D eigenvalue weighted by Crippen LogP contribution is -2.04. The van der Waals surface area contributed by atoms with Gasteiger partial charge in [0.1, 0.15) is 5.82 Å². The third-order valence-corrected chi connectivity index (χ3v) is 2.99. The first-order chi connectivity index (χ1) is 8.58. The van der Waals surface area contributed by atoms with Crippen molar-refractivity contribution >= 4 is 27.6 Å². The van der Waals surface area contributed by atoms with Crippen LogP contribution in [0.4, 0.5) is 10.1 Å². The minimum Gasteiger partial charge on any atom is -0.475 e. The Hall–Kier alpha value is -1.82. The zero-order valence-corrected chi connectivity index (χ0v) is 10.7. The van der Waals surface area contributed by atoms with E-state index >= 15 is 0 Å². The molecule has 0 radical (unpaired) electrons. The van der Waals surface area contributed by atoms with Gasteiger partial charge in [-0.25, -0.2) is 9.18 Å². The van der Waals surface area contributed by atoms with E-state index in [0.717, 1.165) is 0 Å². The van der Waals surface area contributed by atoms with Crippen molar-refractivity contribution in [1.29, 1.82) is 0 Å². The highest BCUT2D eigenvalue weighted by Crippen LogP contribution is 2.20. The van der Waals surface area contributed by atoms with Crippen molar-refractivity contribution in [2.24, 2.45) is 0 Å². The zero-order valence-electron chi connectivity index (χ0n) is 9.11. The number of carbonyl (C=O) groups is 1. The van der Waals surface area contributed by atoms with Gasteiger partial charge in [0.25, 0.3) is 0 Å². The lowest BCUT2D eigenvalue weighted by atomic mass is 10.2. The second-order valence-corrected chi connectivity index (χ2v) is 4.42. The van der Waals surface area contributed by atoms with Gasteiger partial charge in [-0.2, -0.15) is 0 Å². The van der Waals surface area contributed by atoms with Crippen LogP contribution < -0.4 is 5.32 Å². The summed E-state index contributed by atoms with van der Waals surface area (Å²) in [6.07, 6.45) is 1.31. The van der Waals surface area contributed by atoms with Crippen molar-refractivity contribution in [3.8, 4) is 0 Å². The molecule has 0 fully saturated rings. The molecule has 0 aliphatic carbocycles. The number of carboxylic acid groups (broad SMARTS) is 1. The van der Waals surface area contributed by atoms with Crippen molar-refractivity contribution in [3.63, 3.8) is 0 Å². The standard InChI is InChI=1S/C12H9BrFNO3/c13-9-2-1-8(5-10(9)14)15-6-7-3-4-18-11(7)12(16)17/h1-5,15H,6H2,(H,16,17). The van der Waals surface area contributed by atoms with Gasteiger partial charge in [-0.15, -0.1) is 0 Å². The summed E-state index contributed by atoms with van der Waals surface area (Å²) in [5.74, 6) is -1.62. The predicted molar refractivity (Wildman–Crippen MR) is 67.1 cm³/mol. The molecule has 0 bridgehead atoms. The Bertz CT molecular complexity index is 582. The van der Waals surface area contributed by atoms with Crippen LogP contribution in [-0.2, 0) is 6.54 Å². The van der Waals surface area contributed by atoms with Crippen molar-refractivity contribution in [2.75, 3.05) is 5.32 Å². The molecule has 0 aliphatic rings. The number of nitrogens with one attached hydrogen (secondary N) is 1. The second-order valence-electron chi connectivity index (χ2n) is 3.56. The predicted octanol–water partition coefficient (Wildman–Crippen LogP) is 3.49. The molecule has 18 heavy (non-hydrogen) atoms. The zero-order chi connectivity index (χ0) is 13.1. The molecule has 2 N–H and O–H groups in total. The molecule has 94 valence electrons. The maximum atomic E-state index is 13.3. The van der Waals surface area contributed by atoms with E-state index in [4.69, 9.17) is 9.52 Å². The number of carboxylic acids is 1. The molecule has 4 nitrogen and oxygen atoms in total. The molecule has 0 atom stereocenters. The fourth-order valence-corrected chi connectivity index (χ4v) is 1.71. The third-order valence-electron chi connectivity index (χ3n) is 2.34. The van der Waals surface area contributed by atoms with Gasteiger partial charge in [-0.05, 0) is 40.2 Å². The van der Waals surface area contributed by atoms with Crippen LogP contribution in [0.15, 0.2) is 39.4 Å². The van der Waals surface area contributed by atoms with Crippen molar-refractivity contribution < 1.29 is 18.7 Å². The topological polar surface area (TPSA) is 62.5 Å². The quantitative estimate of drug-likeness (QED) is 0.907. The van der Waals surface area contributed by atoms with E-state index in [-0.39, 0.29) is 18.1 Å². The number of hydrogen-bond acceptors (Lipinski definition) is 3. The molecule has 1 aromatic heterocycles. The normalized spacial score (nSPS) is 10.3. The van der Waals surface area contributed by atoms with Gasteiger partial charge in [-0.1, -0.05) is 0 Å². The van der Waals surface area contributed by atoms with Crippen LogP contribution in [0.1, 0.15) is 16.1 Å². The Balaban J connectivity index is 2.09. The maximum Gasteiger partial charge on any atom is 0.372 e. The van der Waals surface area contributed by atoms with Crippen LogP contribution in [-0.4, -0.2) is 11.1 Å². The fraction of sp³-hybridized carbons (Fsp3) is 0.0833. The monoisotopic (exact) mass is 313 g/mol. The van der Waals surface area contributed by atoms with Gasteiger partial charge < -0.3 is 14.8 Å². The molecular weight excluding hydrogens is 305 g/mol. The van der Waals surface area contributed by atoms with Crippen LogP contribution in [0, 0.1) is 5.82 Å². The summed E-state index contributed by atoms with van der Waals surface area (Å²) in [5, 5.41) is 11.8. The van der Waals surface area contributed by atoms with Gasteiger partial charge in [0.05, 0.1) is 10.7 Å². The van der Waals surface area contributed by atoms with Gasteiger partial charge in [0.15, 0.2) is 0 Å². The number of benzene rings is 1. The maximum absolute atomic E-state index is 13.3. The van der Waals surface area contributed by atoms with E-state index in [1.807, 2.05) is 0 Å². The number of anilines is 1. The molecule has 2 rings (SSSR count). The number of furan rings is 1. The molecule has 1 aromatic carbocycles. The van der Waals surface area contributed by atoms with E-state index in [9.17, 15) is 9.18 Å². The molecule has 0 unspecified atom stereocenters. The van der Waals surface area contributed by atoms with Gasteiger partial charge in [0, 0.05) is 17.8 Å². The smallest absolute Gasteiger partial charge is 0.372 e. The minimum absolute atomic E-state index is 0.111. The van der Waals surface area contributed by atoms with E-state index in [1.54, 1.807) is 18.2 Å². The van der Waals surface area contributed by atoms with Gasteiger partial charge in [0.2, 0.25) is 5.76 Å². The van der Waals surface area contributed by atoms with E-state index in [2.05, 4.69) is 21.2 Å². The minimum atomic E-state index is -1.13. The summed E-state index contributed by atoms with van der Waals surface area (Å²) in [7, 11) is 0. The number of hydrogen-bond donors (Lipinski definition) is 2. The molecule has 0 spiro atoms. The largest absolute Gasteiger partial charge is 0.475 e.